The molecule has 1 aromatic heterocycles. The molecule has 1 aliphatic rings. The van der Waals surface area contributed by atoms with Gasteiger partial charge in [-0.1, -0.05) is 24.3 Å². The Bertz CT molecular complexity index is 1050. The zero-order valence-corrected chi connectivity index (χ0v) is 18.4. The number of aromatic amines is 1. The molecule has 1 aliphatic carbocycles. The van der Waals surface area contributed by atoms with E-state index < -0.39 is 6.36 Å². The number of carbonyl (C=O) groups excluding carboxylic acids is 1. The molecule has 2 atom stereocenters. The maximum Gasteiger partial charge on any atom is 0.573 e. The highest BCUT2D eigenvalue weighted by molar-refractivity contribution is 5.94. The number of H-pyrrole nitrogens is 1. The third kappa shape index (κ3) is 5.84. The van der Waals surface area contributed by atoms with E-state index >= 15 is 0 Å². The fourth-order valence-electron chi connectivity index (χ4n) is 4.46. The number of hydrogen-bond donors (Lipinski definition) is 2. The lowest BCUT2D eigenvalue weighted by atomic mass is 9.89. The number of amides is 1. The zero-order valence-electron chi connectivity index (χ0n) is 18.4. The van der Waals surface area contributed by atoms with Gasteiger partial charge >= 0.3 is 6.36 Å². The van der Waals surface area contributed by atoms with Crippen molar-refractivity contribution in [3.63, 3.8) is 0 Å². The van der Waals surface area contributed by atoms with Crippen molar-refractivity contribution >= 4 is 16.9 Å². The fraction of sp³-hybridized carbons (Fsp3) is 0.417. The second kappa shape index (κ2) is 9.82. The number of rotatable bonds is 7. The van der Waals surface area contributed by atoms with E-state index in [0.29, 0.717) is 18.9 Å². The van der Waals surface area contributed by atoms with E-state index in [1.165, 1.54) is 12.1 Å². The van der Waals surface area contributed by atoms with Crippen molar-refractivity contribution in [2.24, 2.45) is 0 Å². The molecule has 176 valence electrons. The number of fused-ring (bicyclic) bond motifs is 1. The van der Waals surface area contributed by atoms with Gasteiger partial charge in [-0.15, -0.1) is 13.2 Å². The first-order valence-corrected chi connectivity index (χ1v) is 11.2. The van der Waals surface area contributed by atoms with Gasteiger partial charge in [0.05, 0.1) is 11.0 Å². The predicted molar refractivity (Wildman–Crippen MR) is 119 cm³/mol. The molecule has 33 heavy (non-hydrogen) atoms. The second-order valence-corrected chi connectivity index (χ2v) is 8.28. The number of halogens is 3. The Hall–Kier alpha value is -3.07. The Morgan fingerprint density at radius 2 is 1.94 bits per heavy atom. The van der Waals surface area contributed by atoms with Gasteiger partial charge in [-0.2, -0.15) is 0 Å². The van der Waals surface area contributed by atoms with E-state index in [-0.39, 0.29) is 23.7 Å². The van der Waals surface area contributed by atoms with Crippen molar-refractivity contribution in [2.75, 3.05) is 6.54 Å². The van der Waals surface area contributed by atoms with Gasteiger partial charge in [0.1, 0.15) is 5.75 Å². The first-order valence-electron chi connectivity index (χ1n) is 11.2. The number of carbonyl (C=O) groups is 1. The SMILES string of the molecule is CCN(C(=O)c1nc2ccccc2[nH]1)[C@H]1CCC[C@@H](NCc2ccc(OC(F)(F)F)cc2)C1. The van der Waals surface area contributed by atoms with Crippen LogP contribution in [0.1, 0.15) is 48.8 Å². The first-order chi connectivity index (χ1) is 15.8. The quantitative estimate of drug-likeness (QED) is 0.519. The number of imidazole rings is 1. The number of aromatic nitrogens is 2. The highest BCUT2D eigenvalue weighted by atomic mass is 19.4. The van der Waals surface area contributed by atoms with Crippen molar-refractivity contribution in [3.05, 3.63) is 59.9 Å². The number of benzene rings is 2. The monoisotopic (exact) mass is 460 g/mol. The van der Waals surface area contributed by atoms with E-state index in [0.717, 1.165) is 42.3 Å². The van der Waals surface area contributed by atoms with Gasteiger partial charge in [-0.25, -0.2) is 4.98 Å². The third-order valence-electron chi connectivity index (χ3n) is 6.03. The van der Waals surface area contributed by atoms with Crippen molar-refractivity contribution in [1.29, 1.82) is 0 Å². The van der Waals surface area contributed by atoms with E-state index in [2.05, 4.69) is 20.0 Å². The summed E-state index contributed by atoms with van der Waals surface area (Å²) in [5.74, 6) is 0.0283. The van der Waals surface area contributed by atoms with Crippen LogP contribution in [0.4, 0.5) is 13.2 Å². The van der Waals surface area contributed by atoms with Crippen molar-refractivity contribution in [1.82, 2.24) is 20.2 Å². The molecule has 0 spiro atoms. The van der Waals surface area contributed by atoms with Crippen LogP contribution in [0.5, 0.6) is 5.75 Å². The Kier molecular flexibility index (Phi) is 6.88. The van der Waals surface area contributed by atoms with E-state index in [1.54, 1.807) is 12.1 Å². The minimum absolute atomic E-state index is 0.0976. The van der Waals surface area contributed by atoms with Gasteiger partial charge in [-0.05, 0) is 62.4 Å². The van der Waals surface area contributed by atoms with Crippen molar-refractivity contribution in [2.45, 2.75) is 57.6 Å². The van der Waals surface area contributed by atoms with Crippen LogP contribution in [0.15, 0.2) is 48.5 Å². The number of hydrogen-bond acceptors (Lipinski definition) is 4. The molecule has 0 saturated heterocycles. The van der Waals surface area contributed by atoms with Crippen molar-refractivity contribution < 1.29 is 22.7 Å². The average molecular weight is 461 g/mol. The standard InChI is InChI=1S/C24H27F3N4O2/c1-2-31(23(32)22-29-20-8-3-4-9-21(20)30-22)18-7-5-6-17(14-18)28-15-16-10-12-19(13-11-16)33-24(25,26)27/h3-4,8-13,17-18,28H,2,5-7,14-15H2,1H3,(H,29,30)/t17-,18+/m1/s1. The Labute approximate surface area is 190 Å². The summed E-state index contributed by atoms with van der Waals surface area (Å²) in [6, 6.07) is 13.8. The molecule has 3 aromatic rings. The normalized spacial score (nSPS) is 18.9. The zero-order chi connectivity index (χ0) is 23.4. The maximum atomic E-state index is 13.2. The number of alkyl halides is 3. The van der Waals surface area contributed by atoms with Gasteiger partial charge in [-0.3, -0.25) is 4.79 Å². The highest BCUT2D eigenvalue weighted by Gasteiger charge is 2.32. The second-order valence-electron chi connectivity index (χ2n) is 8.28. The molecular weight excluding hydrogens is 433 g/mol. The molecule has 0 radical (unpaired) electrons. The summed E-state index contributed by atoms with van der Waals surface area (Å²) in [7, 11) is 0. The van der Waals surface area contributed by atoms with Crippen LogP contribution in [-0.2, 0) is 6.54 Å². The maximum absolute atomic E-state index is 13.2. The highest BCUT2D eigenvalue weighted by Crippen LogP contribution is 2.26. The van der Waals surface area contributed by atoms with Crippen LogP contribution < -0.4 is 10.1 Å². The van der Waals surface area contributed by atoms with E-state index in [4.69, 9.17) is 0 Å². The molecule has 1 fully saturated rings. The van der Waals surface area contributed by atoms with Gasteiger partial charge in [0.25, 0.3) is 5.91 Å². The van der Waals surface area contributed by atoms with E-state index in [1.807, 2.05) is 36.1 Å². The third-order valence-corrected chi connectivity index (χ3v) is 6.03. The summed E-state index contributed by atoms with van der Waals surface area (Å²) in [4.78, 5) is 22.7. The summed E-state index contributed by atoms with van der Waals surface area (Å²) in [6.07, 6.45) is -0.967. The molecule has 0 aliphatic heterocycles. The molecule has 1 heterocycles. The number of nitrogens with one attached hydrogen (secondary N) is 2. The lowest BCUT2D eigenvalue weighted by Gasteiger charge is -2.37. The van der Waals surface area contributed by atoms with Crippen molar-refractivity contribution in [3.8, 4) is 5.75 Å². The van der Waals surface area contributed by atoms with Gasteiger partial charge < -0.3 is 19.9 Å². The molecule has 2 N–H and O–H groups in total. The van der Waals surface area contributed by atoms with Crippen LogP contribution in [0.25, 0.3) is 11.0 Å². The first kappa shape index (κ1) is 23.1. The van der Waals surface area contributed by atoms with Crippen LogP contribution in [-0.4, -0.2) is 45.8 Å². The molecule has 6 nitrogen and oxygen atoms in total. The molecular formula is C24H27F3N4O2. The average Bonchev–Trinajstić information content (AvgIpc) is 3.23. The Morgan fingerprint density at radius 3 is 2.64 bits per heavy atom. The minimum atomic E-state index is -4.69. The Balaban J connectivity index is 1.35. The van der Waals surface area contributed by atoms with Gasteiger partial charge in [0, 0.05) is 25.2 Å². The lowest BCUT2D eigenvalue weighted by Crippen LogP contribution is -2.47. The molecule has 0 unspecified atom stereocenters. The smallest absolute Gasteiger partial charge is 0.406 e. The summed E-state index contributed by atoms with van der Waals surface area (Å²) in [5.41, 5.74) is 2.48. The van der Waals surface area contributed by atoms with Gasteiger partial charge in [0.15, 0.2) is 5.82 Å². The summed E-state index contributed by atoms with van der Waals surface area (Å²) >= 11 is 0. The Morgan fingerprint density at radius 1 is 1.18 bits per heavy atom. The van der Waals surface area contributed by atoms with Crippen LogP contribution >= 0.6 is 0 Å². The van der Waals surface area contributed by atoms with E-state index in [9.17, 15) is 18.0 Å². The molecule has 0 bridgehead atoms. The van der Waals surface area contributed by atoms with Crippen LogP contribution in [0.3, 0.4) is 0 Å². The van der Waals surface area contributed by atoms with Crippen LogP contribution in [0.2, 0.25) is 0 Å². The molecule has 9 heteroatoms. The van der Waals surface area contributed by atoms with Crippen LogP contribution in [0, 0.1) is 0 Å². The topological polar surface area (TPSA) is 70.2 Å². The molecule has 2 aromatic carbocycles. The molecule has 1 amide bonds. The number of ether oxygens (including phenoxy) is 1. The number of nitrogens with zero attached hydrogens (tertiary/aromatic N) is 2. The summed E-state index contributed by atoms with van der Waals surface area (Å²) in [6.45, 7) is 3.10. The largest absolute Gasteiger partial charge is 0.573 e. The summed E-state index contributed by atoms with van der Waals surface area (Å²) < 4.78 is 40.9. The molecule has 1 saturated carbocycles. The fourth-order valence-corrected chi connectivity index (χ4v) is 4.46. The minimum Gasteiger partial charge on any atom is -0.406 e. The summed E-state index contributed by atoms with van der Waals surface area (Å²) in [5, 5.41) is 3.49. The lowest BCUT2D eigenvalue weighted by molar-refractivity contribution is -0.274. The van der Waals surface area contributed by atoms with Gasteiger partial charge in [0.2, 0.25) is 0 Å². The molecule has 4 rings (SSSR count). The number of para-hydroxylation sites is 2. The predicted octanol–water partition coefficient (Wildman–Crippen LogP) is 5.02.